The molecule has 2 heterocycles. The van der Waals surface area contributed by atoms with Crippen LogP contribution in [-0.2, 0) is 4.74 Å². The van der Waals surface area contributed by atoms with Crippen LogP contribution in [0.5, 0.6) is 0 Å². The topological polar surface area (TPSA) is 38.5 Å². The Hall–Kier alpha value is -0.120. The average Bonchev–Trinajstić information content (AvgIpc) is 2.64. The van der Waals surface area contributed by atoms with Crippen LogP contribution in [0.25, 0.3) is 0 Å². The van der Waals surface area contributed by atoms with E-state index in [0.29, 0.717) is 18.2 Å². The molecule has 2 rings (SSSR count). The van der Waals surface area contributed by atoms with Gasteiger partial charge in [0.25, 0.3) is 0 Å². The first kappa shape index (κ1) is 12.3. The fourth-order valence-electron chi connectivity index (χ4n) is 3.22. The van der Waals surface area contributed by atoms with Gasteiger partial charge in [0.2, 0.25) is 0 Å². The lowest BCUT2D eigenvalue weighted by molar-refractivity contribution is 0.00516. The second-order valence-electron chi connectivity index (χ2n) is 5.56. The third-order valence-electron chi connectivity index (χ3n) is 4.23. The Labute approximate surface area is 99.3 Å². The predicted octanol–water partition coefficient (Wildman–Crippen LogP) is 1.61. The van der Waals surface area contributed by atoms with Gasteiger partial charge in [0.05, 0.1) is 12.2 Å². The third-order valence-corrected chi connectivity index (χ3v) is 4.23. The number of piperidine rings is 1. The Balaban J connectivity index is 1.87. The van der Waals surface area contributed by atoms with Gasteiger partial charge in [-0.3, -0.25) is 4.90 Å². The van der Waals surface area contributed by atoms with Crippen molar-refractivity contribution in [3.05, 3.63) is 0 Å². The fraction of sp³-hybridized carbons (Fsp3) is 1.00. The van der Waals surface area contributed by atoms with E-state index >= 15 is 0 Å². The van der Waals surface area contributed by atoms with Crippen LogP contribution in [0, 0.1) is 5.92 Å². The van der Waals surface area contributed by atoms with Crippen molar-refractivity contribution in [1.29, 1.82) is 0 Å². The van der Waals surface area contributed by atoms with E-state index in [1.807, 2.05) is 0 Å². The molecule has 4 atom stereocenters. The van der Waals surface area contributed by atoms with E-state index in [4.69, 9.17) is 10.5 Å². The SMILES string of the molecule is CC1CCC(CN2CCCC(C)C2CN)O1. The summed E-state index contributed by atoms with van der Waals surface area (Å²) < 4.78 is 5.91. The third kappa shape index (κ3) is 2.76. The molecule has 2 aliphatic rings. The molecule has 2 aliphatic heterocycles. The second-order valence-corrected chi connectivity index (χ2v) is 5.56. The lowest BCUT2D eigenvalue weighted by Crippen LogP contribution is -2.51. The number of nitrogens with two attached hydrogens (primary N) is 1. The summed E-state index contributed by atoms with van der Waals surface area (Å²) in [5, 5.41) is 0. The van der Waals surface area contributed by atoms with Crippen LogP contribution in [0.4, 0.5) is 0 Å². The molecule has 0 saturated carbocycles. The van der Waals surface area contributed by atoms with E-state index in [1.54, 1.807) is 0 Å². The summed E-state index contributed by atoms with van der Waals surface area (Å²) in [5.41, 5.74) is 5.90. The normalized spacial score (nSPS) is 41.4. The predicted molar refractivity (Wildman–Crippen MR) is 66.4 cm³/mol. The van der Waals surface area contributed by atoms with Crippen molar-refractivity contribution < 1.29 is 4.74 Å². The zero-order valence-electron chi connectivity index (χ0n) is 10.7. The first-order valence-corrected chi connectivity index (χ1v) is 6.80. The van der Waals surface area contributed by atoms with Gasteiger partial charge >= 0.3 is 0 Å². The van der Waals surface area contributed by atoms with Gasteiger partial charge in [-0.2, -0.15) is 0 Å². The molecule has 3 heteroatoms. The summed E-state index contributed by atoms with van der Waals surface area (Å²) in [4.78, 5) is 2.57. The zero-order valence-corrected chi connectivity index (χ0v) is 10.7. The quantitative estimate of drug-likeness (QED) is 0.794. The number of nitrogens with zero attached hydrogens (tertiary/aromatic N) is 1. The largest absolute Gasteiger partial charge is 0.374 e. The molecule has 2 saturated heterocycles. The van der Waals surface area contributed by atoms with E-state index in [1.165, 1.54) is 32.2 Å². The minimum Gasteiger partial charge on any atom is -0.374 e. The molecule has 4 unspecified atom stereocenters. The van der Waals surface area contributed by atoms with Crippen molar-refractivity contribution in [2.24, 2.45) is 11.7 Å². The maximum atomic E-state index is 5.91. The molecular formula is C13H26N2O. The summed E-state index contributed by atoms with van der Waals surface area (Å²) in [6.45, 7) is 7.61. The molecular weight excluding hydrogens is 200 g/mol. The monoisotopic (exact) mass is 226 g/mol. The maximum absolute atomic E-state index is 5.91. The summed E-state index contributed by atoms with van der Waals surface area (Å²) in [5.74, 6) is 0.748. The van der Waals surface area contributed by atoms with Gasteiger partial charge in [-0.1, -0.05) is 6.92 Å². The summed E-state index contributed by atoms with van der Waals surface area (Å²) in [6, 6.07) is 0.577. The van der Waals surface area contributed by atoms with E-state index in [0.717, 1.165) is 19.0 Å². The van der Waals surface area contributed by atoms with Gasteiger partial charge in [-0.25, -0.2) is 0 Å². The van der Waals surface area contributed by atoms with Crippen LogP contribution in [0.3, 0.4) is 0 Å². The van der Waals surface area contributed by atoms with Crippen molar-refractivity contribution in [3.63, 3.8) is 0 Å². The molecule has 0 aromatic heterocycles. The number of rotatable bonds is 3. The van der Waals surface area contributed by atoms with Gasteiger partial charge in [0.15, 0.2) is 0 Å². The van der Waals surface area contributed by atoms with Gasteiger partial charge in [0, 0.05) is 19.1 Å². The second kappa shape index (κ2) is 5.48. The number of likely N-dealkylation sites (tertiary alicyclic amines) is 1. The van der Waals surface area contributed by atoms with E-state index < -0.39 is 0 Å². The zero-order chi connectivity index (χ0) is 11.5. The van der Waals surface area contributed by atoms with Gasteiger partial charge in [-0.15, -0.1) is 0 Å². The van der Waals surface area contributed by atoms with Gasteiger partial charge in [-0.05, 0) is 45.1 Å². The molecule has 2 fully saturated rings. The summed E-state index contributed by atoms with van der Waals surface area (Å²) in [7, 11) is 0. The minimum atomic E-state index is 0.453. The number of hydrogen-bond donors (Lipinski definition) is 1. The van der Waals surface area contributed by atoms with Crippen LogP contribution >= 0.6 is 0 Å². The Kier molecular flexibility index (Phi) is 4.22. The van der Waals surface area contributed by atoms with Crippen molar-refractivity contribution in [2.45, 2.75) is 57.8 Å². The van der Waals surface area contributed by atoms with Crippen molar-refractivity contribution in [2.75, 3.05) is 19.6 Å². The molecule has 94 valence electrons. The van der Waals surface area contributed by atoms with E-state index in [9.17, 15) is 0 Å². The molecule has 0 aromatic rings. The van der Waals surface area contributed by atoms with Crippen molar-refractivity contribution in [1.82, 2.24) is 4.90 Å². The number of hydrogen-bond acceptors (Lipinski definition) is 3. The van der Waals surface area contributed by atoms with Gasteiger partial charge in [0.1, 0.15) is 0 Å². The Bertz CT molecular complexity index is 222. The van der Waals surface area contributed by atoms with Crippen LogP contribution in [0.2, 0.25) is 0 Å². The lowest BCUT2D eigenvalue weighted by atomic mass is 9.90. The molecule has 0 spiro atoms. The molecule has 0 amide bonds. The minimum absolute atomic E-state index is 0.453. The molecule has 2 N–H and O–H groups in total. The molecule has 0 bridgehead atoms. The first-order valence-electron chi connectivity index (χ1n) is 6.80. The van der Waals surface area contributed by atoms with Crippen LogP contribution in [0.15, 0.2) is 0 Å². The molecule has 0 radical (unpaired) electrons. The lowest BCUT2D eigenvalue weighted by Gasteiger charge is -2.40. The summed E-state index contributed by atoms with van der Waals surface area (Å²) in [6.07, 6.45) is 6.02. The van der Waals surface area contributed by atoms with Crippen LogP contribution in [0.1, 0.15) is 39.5 Å². The highest BCUT2D eigenvalue weighted by Gasteiger charge is 2.31. The van der Waals surface area contributed by atoms with Crippen LogP contribution in [-0.4, -0.2) is 42.8 Å². The Morgan fingerprint density at radius 2 is 2.06 bits per heavy atom. The molecule has 0 aliphatic carbocycles. The van der Waals surface area contributed by atoms with Crippen LogP contribution < -0.4 is 5.73 Å². The Morgan fingerprint density at radius 1 is 1.25 bits per heavy atom. The molecule has 3 nitrogen and oxygen atoms in total. The first-order chi connectivity index (χ1) is 7.70. The Morgan fingerprint density at radius 3 is 2.69 bits per heavy atom. The molecule has 0 aromatic carbocycles. The fourth-order valence-corrected chi connectivity index (χ4v) is 3.22. The van der Waals surface area contributed by atoms with Gasteiger partial charge < -0.3 is 10.5 Å². The standard InChI is InChI=1S/C13H26N2O/c1-10-4-3-7-15(13(10)8-14)9-12-6-5-11(2)16-12/h10-13H,3-9,14H2,1-2H3. The van der Waals surface area contributed by atoms with Crippen molar-refractivity contribution in [3.8, 4) is 0 Å². The highest BCUT2D eigenvalue weighted by Crippen LogP contribution is 2.26. The average molecular weight is 226 g/mol. The van der Waals surface area contributed by atoms with Crippen molar-refractivity contribution >= 4 is 0 Å². The smallest absolute Gasteiger partial charge is 0.0706 e. The van der Waals surface area contributed by atoms with E-state index in [-0.39, 0.29) is 0 Å². The summed E-state index contributed by atoms with van der Waals surface area (Å²) >= 11 is 0. The highest BCUT2D eigenvalue weighted by atomic mass is 16.5. The van der Waals surface area contributed by atoms with E-state index in [2.05, 4.69) is 18.7 Å². The number of ether oxygens (including phenoxy) is 1. The maximum Gasteiger partial charge on any atom is 0.0706 e. The molecule has 16 heavy (non-hydrogen) atoms. The highest BCUT2D eigenvalue weighted by molar-refractivity contribution is 4.85.